The third kappa shape index (κ3) is 2.63. The van der Waals surface area contributed by atoms with Gasteiger partial charge >= 0.3 is 0 Å². The summed E-state index contributed by atoms with van der Waals surface area (Å²) in [6.45, 7) is 5.12. The third-order valence-electron chi connectivity index (χ3n) is 2.06. The van der Waals surface area contributed by atoms with Crippen LogP contribution in [0.15, 0.2) is 24.3 Å². The summed E-state index contributed by atoms with van der Waals surface area (Å²) < 4.78 is 24.2. The van der Waals surface area contributed by atoms with E-state index in [0.29, 0.717) is 5.69 Å². The van der Waals surface area contributed by atoms with E-state index in [1.165, 1.54) is 0 Å². The first-order valence-corrected chi connectivity index (χ1v) is 6.46. The molecule has 0 radical (unpaired) electrons. The van der Waals surface area contributed by atoms with Gasteiger partial charge in [0.1, 0.15) is 0 Å². The predicted molar refractivity (Wildman–Crippen MR) is 63.6 cm³/mol. The first-order chi connectivity index (χ1) is 6.85. The molecule has 0 aliphatic rings. The summed E-state index contributed by atoms with van der Waals surface area (Å²) in [4.78, 5) is 0. The van der Waals surface area contributed by atoms with Gasteiger partial charge in [-0.3, -0.25) is 0 Å². The lowest BCUT2D eigenvalue weighted by atomic mass is 10.2. The summed E-state index contributed by atoms with van der Waals surface area (Å²) in [5.74, 6) is 0. The van der Waals surface area contributed by atoms with Gasteiger partial charge in [0.05, 0.1) is 10.9 Å². The Bertz CT molecular complexity index is 425. The molecule has 0 saturated carbocycles. The lowest BCUT2D eigenvalue weighted by molar-refractivity contribution is 0.589. The van der Waals surface area contributed by atoms with Crippen LogP contribution in [0.2, 0.25) is 0 Å². The average Bonchev–Trinajstić information content (AvgIpc) is 2.17. The Labute approximate surface area is 95.8 Å². The van der Waals surface area contributed by atoms with Crippen molar-refractivity contribution < 1.29 is 8.42 Å². The van der Waals surface area contributed by atoms with Crippen LogP contribution in [-0.4, -0.2) is 13.7 Å². The maximum Gasteiger partial charge on any atom is 0.251 e. The highest BCUT2D eigenvalue weighted by Crippen LogP contribution is 2.23. The van der Waals surface area contributed by atoms with Gasteiger partial charge in [-0.1, -0.05) is 17.7 Å². The van der Waals surface area contributed by atoms with Gasteiger partial charge in [-0.05, 0) is 32.9 Å². The Morgan fingerprint density at radius 1 is 1.20 bits per heavy atom. The van der Waals surface area contributed by atoms with Crippen LogP contribution < -0.4 is 3.82 Å². The van der Waals surface area contributed by atoms with Crippen LogP contribution in [0.25, 0.3) is 0 Å². The number of sulfonamides is 1. The fourth-order valence-corrected chi connectivity index (χ4v) is 2.37. The maximum absolute atomic E-state index is 11.7. The van der Waals surface area contributed by atoms with Crippen molar-refractivity contribution in [2.45, 2.75) is 26.0 Å². The molecule has 1 aromatic rings. The van der Waals surface area contributed by atoms with Gasteiger partial charge in [-0.25, -0.2) is 8.42 Å². The minimum atomic E-state index is -3.44. The number of nitrogens with zero attached hydrogens (tertiary/aromatic N) is 1. The van der Waals surface area contributed by atoms with Crippen molar-refractivity contribution in [3.8, 4) is 0 Å². The molecule has 0 spiro atoms. The molecule has 84 valence electrons. The monoisotopic (exact) mass is 247 g/mol. The minimum absolute atomic E-state index is 0.468. The van der Waals surface area contributed by atoms with Crippen LogP contribution in [0.3, 0.4) is 0 Å². The van der Waals surface area contributed by atoms with Crippen molar-refractivity contribution in [1.29, 1.82) is 0 Å². The van der Waals surface area contributed by atoms with Gasteiger partial charge in [0.15, 0.2) is 0 Å². The zero-order valence-corrected chi connectivity index (χ0v) is 10.5. The largest absolute Gasteiger partial charge is 0.251 e. The number of anilines is 1. The molecule has 5 heteroatoms. The zero-order valence-electron chi connectivity index (χ0n) is 8.94. The topological polar surface area (TPSA) is 37.4 Å². The zero-order chi connectivity index (χ0) is 11.6. The van der Waals surface area contributed by atoms with E-state index in [4.69, 9.17) is 11.8 Å². The predicted octanol–water partition coefficient (Wildman–Crippen LogP) is 2.69. The van der Waals surface area contributed by atoms with Crippen LogP contribution in [0, 0.1) is 6.92 Å². The van der Waals surface area contributed by atoms with Crippen molar-refractivity contribution in [3.05, 3.63) is 29.8 Å². The Kier molecular flexibility index (Phi) is 3.62. The number of hydrogen-bond acceptors (Lipinski definition) is 2. The summed E-state index contributed by atoms with van der Waals surface area (Å²) in [5, 5.41) is -0.531. The van der Waals surface area contributed by atoms with E-state index in [-0.39, 0.29) is 0 Å². The summed E-state index contributed by atoms with van der Waals surface area (Å²) in [5.41, 5.74) is 1.53. The molecule has 0 saturated heterocycles. The van der Waals surface area contributed by atoms with E-state index >= 15 is 0 Å². The molecule has 0 bridgehead atoms. The molecule has 0 N–H and O–H groups in total. The molecule has 1 aromatic carbocycles. The fraction of sp³-hybridized carbons (Fsp3) is 0.400. The van der Waals surface area contributed by atoms with Crippen LogP contribution in [0.4, 0.5) is 5.69 Å². The summed E-state index contributed by atoms with van der Waals surface area (Å²) in [7, 11) is -3.44. The number of aryl methyl sites for hydroxylation is 1. The molecule has 0 unspecified atom stereocenters. The van der Waals surface area contributed by atoms with E-state index in [0.717, 1.165) is 9.39 Å². The molecule has 0 amide bonds. The van der Waals surface area contributed by atoms with Crippen LogP contribution in [0.5, 0.6) is 0 Å². The number of halogens is 1. The highest BCUT2D eigenvalue weighted by Gasteiger charge is 2.24. The van der Waals surface area contributed by atoms with Gasteiger partial charge < -0.3 is 0 Å². The van der Waals surface area contributed by atoms with Crippen molar-refractivity contribution >= 4 is 27.5 Å². The first kappa shape index (κ1) is 12.3. The SMILES string of the molecule is Cc1ccc(N(Cl)S(=O)(=O)C(C)C)cc1. The van der Waals surface area contributed by atoms with Crippen molar-refractivity contribution in [1.82, 2.24) is 0 Å². The second-order valence-corrected chi connectivity index (χ2v) is 6.52. The normalized spacial score (nSPS) is 11.8. The molecular weight excluding hydrogens is 234 g/mol. The Hall–Kier alpha value is -0.740. The third-order valence-corrected chi connectivity index (χ3v) is 4.68. The van der Waals surface area contributed by atoms with E-state index in [9.17, 15) is 8.42 Å². The van der Waals surface area contributed by atoms with Gasteiger partial charge in [0.25, 0.3) is 10.0 Å². The second kappa shape index (κ2) is 4.41. The van der Waals surface area contributed by atoms with Gasteiger partial charge in [0, 0.05) is 11.8 Å². The van der Waals surface area contributed by atoms with E-state index in [1.807, 2.05) is 19.1 Å². The molecular formula is C10H14ClNO2S. The van der Waals surface area contributed by atoms with Crippen molar-refractivity contribution in [2.24, 2.45) is 0 Å². The van der Waals surface area contributed by atoms with Crippen LogP contribution in [-0.2, 0) is 10.0 Å². The molecule has 0 heterocycles. The average molecular weight is 248 g/mol. The Morgan fingerprint density at radius 3 is 2.07 bits per heavy atom. The first-order valence-electron chi connectivity index (χ1n) is 4.62. The molecule has 1 rings (SSSR count). The molecule has 0 aliphatic heterocycles. The van der Waals surface area contributed by atoms with Gasteiger partial charge in [-0.2, -0.15) is 3.82 Å². The summed E-state index contributed by atoms with van der Waals surface area (Å²) in [6.07, 6.45) is 0. The van der Waals surface area contributed by atoms with Crippen LogP contribution in [0.1, 0.15) is 19.4 Å². The van der Waals surface area contributed by atoms with E-state index in [1.54, 1.807) is 26.0 Å². The fourth-order valence-electron chi connectivity index (χ4n) is 0.994. The summed E-state index contributed by atoms with van der Waals surface area (Å²) in [6, 6.07) is 7.01. The number of benzene rings is 1. The maximum atomic E-state index is 11.7. The molecule has 0 atom stereocenters. The summed E-state index contributed by atoms with van der Waals surface area (Å²) >= 11 is 5.79. The number of hydrogen-bond donors (Lipinski definition) is 0. The second-order valence-electron chi connectivity index (χ2n) is 3.64. The number of rotatable bonds is 3. The molecule has 0 aliphatic carbocycles. The van der Waals surface area contributed by atoms with Crippen LogP contribution >= 0.6 is 11.8 Å². The van der Waals surface area contributed by atoms with Gasteiger partial charge in [-0.15, -0.1) is 0 Å². The van der Waals surface area contributed by atoms with E-state index in [2.05, 4.69) is 0 Å². The lowest BCUT2D eigenvalue weighted by Gasteiger charge is -2.18. The highest BCUT2D eigenvalue weighted by atomic mass is 35.5. The van der Waals surface area contributed by atoms with Crippen molar-refractivity contribution in [2.75, 3.05) is 3.82 Å². The smallest absolute Gasteiger partial charge is 0.205 e. The van der Waals surface area contributed by atoms with Crippen molar-refractivity contribution in [3.63, 3.8) is 0 Å². The standard InChI is InChI=1S/C10H14ClNO2S/c1-8(2)15(13,14)12(11)10-6-4-9(3)5-7-10/h4-8H,1-3H3. The Balaban J connectivity index is 3.05. The lowest BCUT2D eigenvalue weighted by Crippen LogP contribution is -2.28. The Morgan fingerprint density at radius 2 is 1.67 bits per heavy atom. The van der Waals surface area contributed by atoms with E-state index < -0.39 is 15.3 Å². The molecule has 0 fully saturated rings. The molecule has 15 heavy (non-hydrogen) atoms. The van der Waals surface area contributed by atoms with Gasteiger partial charge in [0.2, 0.25) is 0 Å². The quantitative estimate of drug-likeness (QED) is 0.771. The highest BCUT2D eigenvalue weighted by molar-refractivity contribution is 7.94. The minimum Gasteiger partial charge on any atom is -0.205 e. The molecule has 0 aromatic heterocycles. The molecule has 3 nitrogen and oxygen atoms in total.